The van der Waals surface area contributed by atoms with Crippen molar-refractivity contribution < 1.29 is 4.79 Å². The minimum atomic E-state index is 0.0908. The van der Waals surface area contributed by atoms with Gasteiger partial charge in [-0.2, -0.15) is 0 Å². The van der Waals surface area contributed by atoms with E-state index in [1.807, 2.05) is 67.6 Å². The van der Waals surface area contributed by atoms with Crippen LogP contribution in [0.3, 0.4) is 0 Å². The van der Waals surface area contributed by atoms with Gasteiger partial charge in [0.25, 0.3) is 0 Å². The van der Waals surface area contributed by atoms with Crippen LogP contribution < -0.4 is 0 Å². The van der Waals surface area contributed by atoms with Crippen LogP contribution >= 0.6 is 0 Å². The zero-order valence-corrected chi connectivity index (χ0v) is 12.6. The van der Waals surface area contributed by atoms with Crippen molar-refractivity contribution in [1.29, 1.82) is 0 Å². The van der Waals surface area contributed by atoms with Gasteiger partial charge >= 0.3 is 0 Å². The van der Waals surface area contributed by atoms with Crippen LogP contribution in [0, 0.1) is 6.92 Å². The molecule has 0 bridgehead atoms. The average Bonchev–Trinajstić information content (AvgIpc) is 2.58. The average molecular weight is 286 g/mol. The fraction of sp³-hybridized carbons (Fsp3) is 0.0952. The van der Waals surface area contributed by atoms with Crippen LogP contribution in [0.25, 0.3) is 0 Å². The Morgan fingerprint density at radius 1 is 0.773 bits per heavy atom. The topological polar surface area (TPSA) is 17.1 Å². The molecule has 22 heavy (non-hydrogen) atoms. The Kier molecular flexibility index (Phi) is 4.15. The normalized spacial score (nSPS) is 10.4. The number of hydrogen-bond acceptors (Lipinski definition) is 1. The van der Waals surface area contributed by atoms with E-state index in [1.165, 1.54) is 11.1 Å². The minimum Gasteiger partial charge on any atom is -0.289 e. The zero-order chi connectivity index (χ0) is 15.4. The van der Waals surface area contributed by atoms with Gasteiger partial charge in [-0.05, 0) is 30.0 Å². The number of rotatable bonds is 4. The summed E-state index contributed by atoms with van der Waals surface area (Å²) in [6.45, 7) is 2.04. The molecule has 0 fully saturated rings. The lowest BCUT2D eigenvalue weighted by atomic mass is 9.93. The molecule has 0 saturated carbocycles. The fourth-order valence-electron chi connectivity index (χ4n) is 2.68. The van der Waals surface area contributed by atoms with E-state index >= 15 is 0 Å². The van der Waals surface area contributed by atoms with Gasteiger partial charge in [0.2, 0.25) is 0 Å². The number of hydrogen-bond donors (Lipinski definition) is 0. The summed E-state index contributed by atoms with van der Waals surface area (Å²) in [6.07, 6.45) is 0.850. The summed E-state index contributed by atoms with van der Waals surface area (Å²) in [5, 5.41) is 0. The van der Waals surface area contributed by atoms with E-state index < -0.39 is 0 Å². The standard InChI is InChI=1S/C21H18O/c1-16-19(15-17-9-4-2-5-10-17)13-8-14-20(16)21(22)18-11-6-3-7-12-18/h2-14H,15H2,1H3. The highest BCUT2D eigenvalue weighted by atomic mass is 16.1. The van der Waals surface area contributed by atoms with Gasteiger partial charge in [-0.1, -0.05) is 78.9 Å². The van der Waals surface area contributed by atoms with Crippen molar-refractivity contribution in [2.24, 2.45) is 0 Å². The largest absolute Gasteiger partial charge is 0.289 e. The molecule has 0 spiro atoms. The molecule has 0 aliphatic heterocycles. The number of carbonyl (C=O) groups is 1. The Balaban J connectivity index is 1.94. The summed E-state index contributed by atoms with van der Waals surface area (Å²) < 4.78 is 0. The smallest absolute Gasteiger partial charge is 0.193 e. The van der Waals surface area contributed by atoms with Crippen LogP contribution in [-0.2, 0) is 6.42 Å². The molecule has 0 saturated heterocycles. The summed E-state index contributed by atoms with van der Waals surface area (Å²) >= 11 is 0. The highest BCUT2D eigenvalue weighted by Gasteiger charge is 2.13. The summed E-state index contributed by atoms with van der Waals surface area (Å²) in [7, 11) is 0. The second-order valence-corrected chi connectivity index (χ2v) is 5.45. The highest BCUT2D eigenvalue weighted by Crippen LogP contribution is 2.20. The maximum absolute atomic E-state index is 12.7. The van der Waals surface area contributed by atoms with Gasteiger partial charge in [-0.15, -0.1) is 0 Å². The third-order valence-electron chi connectivity index (χ3n) is 3.96. The molecule has 0 atom stereocenters. The molecule has 1 heteroatoms. The molecule has 0 aliphatic carbocycles. The van der Waals surface area contributed by atoms with E-state index in [0.29, 0.717) is 0 Å². The van der Waals surface area contributed by atoms with Crippen molar-refractivity contribution in [2.45, 2.75) is 13.3 Å². The molecule has 0 aromatic heterocycles. The predicted octanol–water partition coefficient (Wildman–Crippen LogP) is 4.82. The van der Waals surface area contributed by atoms with E-state index in [9.17, 15) is 4.79 Å². The number of ketones is 1. The van der Waals surface area contributed by atoms with E-state index in [1.54, 1.807) is 0 Å². The Morgan fingerprint density at radius 2 is 1.41 bits per heavy atom. The molecule has 0 N–H and O–H groups in total. The maximum atomic E-state index is 12.7. The van der Waals surface area contributed by atoms with Crippen LogP contribution in [0.5, 0.6) is 0 Å². The van der Waals surface area contributed by atoms with Gasteiger partial charge in [0.1, 0.15) is 0 Å². The van der Waals surface area contributed by atoms with Crippen LogP contribution in [0.4, 0.5) is 0 Å². The van der Waals surface area contributed by atoms with Crippen molar-refractivity contribution in [3.05, 3.63) is 107 Å². The summed E-state index contributed by atoms with van der Waals surface area (Å²) in [5.74, 6) is 0.0908. The van der Waals surface area contributed by atoms with Crippen LogP contribution in [0.15, 0.2) is 78.9 Å². The van der Waals surface area contributed by atoms with Crippen molar-refractivity contribution in [2.75, 3.05) is 0 Å². The van der Waals surface area contributed by atoms with Crippen molar-refractivity contribution in [3.63, 3.8) is 0 Å². The molecule has 0 aliphatic rings. The Morgan fingerprint density at radius 3 is 2.09 bits per heavy atom. The quantitative estimate of drug-likeness (QED) is 0.629. The Hall–Kier alpha value is -2.67. The van der Waals surface area contributed by atoms with Crippen LogP contribution in [0.2, 0.25) is 0 Å². The third kappa shape index (κ3) is 2.99. The second kappa shape index (κ2) is 6.40. The summed E-state index contributed by atoms with van der Waals surface area (Å²) in [5.41, 5.74) is 5.06. The monoisotopic (exact) mass is 286 g/mol. The molecule has 0 radical (unpaired) electrons. The van der Waals surface area contributed by atoms with Crippen molar-refractivity contribution >= 4 is 5.78 Å². The van der Waals surface area contributed by atoms with Gasteiger partial charge < -0.3 is 0 Å². The fourth-order valence-corrected chi connectivity index (χ4v) is 2.68. The van der Waals surface area contributed by atoms with Gasteiger partial charge in [-0.25, -0.2) is 0 Å². The van der Waals surface area contributed by atoms with Crippen LogP contribution in [-0.4, -0.2) is 5.78 Å². The first kappa shape index (κ1) is 14.3. The lowest BCUT2D eigenvalue weighted by Gasteiger charge is -2.11. The molecular formula is C21H18O. The molecule has 108 valence electrons. The molecule has 3 aromatic rings. The molecule has 3 aromatic carbocycles. The van der Waals surface area contributed by atoms with E-state index in [-0.39, 0.29) is 5.78 Å². The van der Waals surface area contributed by atoms with Crippen LogP contribution in [0.1, 0.15) is 32.6 Å². The molecule has 0 amide bonds. The Labute approximate surface area is 131 Å². The number of benzene rings is 3. The van der Waals surface area contributed by atoms with E-state index in [4.69, 9.17) is 0 Å². The van der Waals surface area contributed by atoms with E-state index in [0.717, 1.165) is 23.1 Å². The van der Waals surface area contributed by atoms with Gasteiger partial charge in [-0.3, -0.25) is 4.79 Å². The maximum Gasteiger partial charge on any atom is 0.193 e. The predicted molar refractivity (Wildman–Crippen MR) is 90.3 cm³/mol. The van der Waals surface area contributed by atoms with Gasteiger partial charge in [0.05, 0.1) is 0 Å². The molecule has 0 heterocycles. The molecule has 0 unspecified atom stereocenters. The second-order valence-electron chi connectivity index (χ2n) is 5.45. The van der Waals surface area contributed by atoms with Gasteiger partial charge in [0.15, 0.2) is 5.78 Å². The van der Waals surface area contributed by atoms with Crippen molar-refractivity contribution in [1.82, 2.24) is 0 Å². The SMILES string of the molecule is Cc1c(Cc2ccccc2)cccc1C(=O)c1ccccc1. The molecular weight excluding hydrogens is 268 g/mol. The number of carbonyl (C=O) groups excluding carboxylic acids is 1. The minimum absolute atomic E-state index is 0.0908. The zero-order valence-electron chi connectivity index (χ0n) is 12.6. The lowest BCUT2D eigenvalue weighted by Crippen LogP contribution is -2.06. The van der Waals surface area contributed by atoms with E-state index in [2.05, 4.69) is 18.2 Å². The summed E-state index contributed by atoms with van der Waals surface area (Å²) in [4.78, 5) is 12.7. The molecule has 1 nitrogen and oxygen atoms in total. The first-order chi connectivity index (χ1) is 10.8. The lowest BCUT2D eigenvalue weighted by molar-refractivity contribution is 0.103. The Bertz CT molecular complexity index is 774. The molecule has 3 rings (SSSR count). The summed E-state index contributed by atoms with van der Waals surface area (Å²) in [6, 6.07) is 25.8. The first-order valence-corrected chi connectivity index (χ1v) is 7.48. The highest BCUT2D eigenvalue weighted by molar-refractivity contribution is 6.10. The third-order valence-corrected chi connectivity index (χ3v) is 3.96. The van der Waals surface area contributed by atoms with Gasteiger partial charge in [0, 0.05) is 11.1 Å². The van der Waals surface area contributed by atoms with Crippen molar-refractivity contribution in [3.8, 4) is 0 Å². The first-order valence-electron chi connectivity index (χ1n) is 7.48.